The SMILES string of the molecule is Cc1cccc(NC(=O)[C@@H](C)CS(=O)(=O)c2ccc3c(c2)NC(=O)CCS3)c1C. The van der Waals surface area contributed by atoms with Crippen molar-refractivity contribution in [2.24, 2.45) is 5.92 Å². The van der Waals surface area contributed by atoms with Gasteiger partial charge in [0, 0.05) is 28.7 Å². The first-order valence-corrected chi connectivity index (χ1v) is 12.0. The number of nitrogens with one attached hydrogen (secondary N) is 2. The van der Waals surface area contributed by atoms with E-state index in [1.165, 1.54) is 23.9 Å². The summed E-state index contributed by atoms with van der Waals surface area (Å²) in [5.74, 6) is -0.875. The molecule has 0 spiro atoms. The highest BCUT2D eigenvalue weighted by Crippen LogP contribution is 2.33. The van der Waals surface area contributed by atoms with Gasteiger partial charge in [-0.15, -0.1) is 11.8 Å². The minimum Gasteiger partial charge on any atom is -0.326 e. The number of sulfone groups is 1. The van der Waals surface area contributed by atoms with Crippen LogP contribution in [0.3, 0.4) is 0 Å². The molecule has 0 saturated carbocycles. The van der Waals surface area contributed by atoms with Crippen molar-refractivity contribution in [3.05, 3.63) is 47.5 Å². The minimum absolute atomic E-state index is 0.102. The lowest BCUT2D eigenvalue weighted by Gasteiger charge is -2.16. The molecule has 154 valence electrons. The van der Waals surface area contributed by atoms with Gasteiger partial charge in [0.05, 0.1) is 16.3 Å². The molecule has 2 N–H and O–H groups in total. The van der Waals surface area contributed by atoms with Gasteiger partial charge in [0.2, 0.25) is 11.8 Å². The summed E-state index contributed by atoms with van der Waals surface area (Å²) in [7, 11) is -3.70. The third-order valence-corrected chi connectivity index (χ3v) is 7.94. The molecule has 0 saturated heterocycles. The van der Waals surface area contributed by atoms with Crippen LogP contribution in [-0.4, -0.2) is 31.7 Å². The standard InChI is InChI=1S/C21H24N2O4S2/c1-13-5-4-6-17(15(13)3)23-21(25)14(2)12-29(26,27)16-7-8-19-18(11-16)22-20(24)9-10-28-19/h4-8,11,14H,9-10,12H2,1-3H3,(H,22,24)(H,23,25)/t14-/m0/s1. The number of rotatable bonds is 5. The van der Waals surface area contributed by atoms with Gasteiger partial charge in [-0.2, -0.15) is 0 Å². The van der Waals surface area contributed by atoms with Gasteiger partial charge in [-0.1, -0.05) is 19.1 Å². The van der Waals surface area contributed by atoms with Gasteiger partial charge in [0.1, 0.15) is 0 Å². The van der Waals surface area contributed by atoms with Crippen molar-refractivity contribution in [3.63, 3.8) is 0 Å². The second kappa shape index (κ2) is 8.59. The van der Waals surface area contributed by atoms with E-state index in [1.54, 1.807) is 19.1 Å². The van der Waals surface area contributed by atoms with Crippen molar-refractivity contribution >= 4 is 44.8 Å². The highest BCUT2D eigenvalue weighted by atomic mass is 32.2. The maximum Gasteiger partial charge on any atom is 0.228 e. The fourth-order valence-corrected chi connectivity index (χ4v) is 5.55. The predicted molar refractivity (Wildman–Crippen MR) is 116 cm³/mol. The molecule has 3 rings (SSSR count). The van der Waals surface area contributed by atoms with Crippen molar-refractivity contribution in [3.8, 4) is 0 Å². The third kappa shape index (κ3) is 5.00. The zero-order valence-electron chi connectivity index (χ0n) is 16.6. The van der Waals surface area contributed by atoms with E-state index < -0.39 is 15.8 Å². The van der Waals surface area contributed by atoms with Gasteiger partial charge >= 0.3 is 0 Å². The third-order valence-electron chi connectivity index (χ3n) is 4.95. The summed E-state index contributed by atoms with van der Waals surface area (Å²) in [4.78, 5) is 25.3. The van der Waals surface area contributed by atoms with E-state index in [1.807, 2.05) is 26.0 Å². The Labute approximate surface area is 175 Å². The molecule has 0 radical (unpaired) electrons. The summed E-state index contributed by atoms with van der Waals surface area (Å²) in [5, 5.41) is 5.58. The van der Waals surface area contributed by atoms with Crippen LogP contribution in [0.2, 0.25) is 0 Å². The second-order valence-corrected chi connectivity index (χ2v) is 10.4. The fourth-order valence-electron chi connectivity index (χ4n) is 3.04. The van der Waals surface area contributed by atoms with Gasteiger partial charge in [0.15, 0.2) is 9.84 Å². The smallest absolute Gasteiger partial charge is 0.228 e. The van der Waals surface area contributed by atoms with Crippen molar-refractivity contribution in [2.75, 3.05) is 22.1 Å². The van der Waals surface area contributed by atoms with Crippen LogP contribution in [0, 0.1) is 19.8 Å². The molecule has 1 aliphatic rings. The fraction of sp³-hybridized carbons (Fsp3) is 0.333. The quantitative estimate of drug-likeness (QED) is 0.750. The minimum atomic E-state index is -3.70. The summed E-state index contributed by atoms with van der Waals surface area (Å²) < 4.78 is 25.7. The Bertz CT molecular complexity index is 1060. The van der Waals surface area contributed by atoms with Crippen LogP contribution in [0.5, 0.6) is 0 Å². The van der Waals surface area contributed by atoms with Gasteiger partial charge < -0.3 is 10.6 Å². The van der Waals surface area contributed by atoms with Crippen LogP contribution in [0.1, 0.15) is 24.5 Å². The molecule has 2 amide bonds. The normalized spacial score (nSPS) is 15.1. The van der Waals surface area contributed by atoms with Gasteiger partial charge in [-0.25, -0.2) is 8.42 Å². The highest BCUT2D eigenvalue weighted by Gasteiger charge is 2.25. The van der Waals surface area contributed by atoms with E-state index in [-0.39, 0.29) is 22.5 Å². The summed E-state index contributed by atoms with van der Waals surface area (Å²) in [6.45, 7) is 5.46. The number of carbonyl (C=O) groups excluding carboxylic acids is 2. The van der Waals surface area contributed by atoms with E-state index in [0.29, 0.717) is 23.5 Å². The van der Waals surface area contributed by atoms with Crippen LogP contribution >= 0.6 is 11.8 Å². The second-order valence-electron chi connectivity index (χ2n) is 7.22. The summed E-state index contributed by atoms with van der Waals surface area (Å²) in [6, 6.07) is 10.3. The number of amides is 2. The van der Waals surface area contributed by atoms with Crippen LogP contribution in [0.25, 0.3) is 0 Å². The van der Waals surface area contributed by atoms with Crippen molar-refractivity contribution in [1.29, 1.82) is 0 Å². The molecule has 0 aromatic heterocycles. The van der Waals surface area contributed by atoms with Crippen molar-refractivity contribution in [2.45, 2.75) is 37.0 Å². The summed E-state index contributed by atoms with van der Waals surface area (Å²) in [6.07, 6.45) is 0.386. The molecule has 29 heavy (non-hydrogen) atoms. The lowest BCUT2D eigenvalue weighted by Crippen LogP contribution is -2.27. The molecule has 2 aromatic rings. The zero-order valence-corrected chi connectivity index (χ0v) is 18.2. The number of carbonyl (C=O) groups is 2. The largest absolute Gasteiger partial charge is 0.326 e. The van der Waals surface area contributed by atoms with Crippen LogP contribution < -0.4 is 10.6 Å². The number of aryl methyl sites for hydroxylation is 1. The van der Waals surface area contributed by atoms with E-state index in [4.69, 9.17) is 0 Å². The van der Waals surface area contributed by atoms with Gasteiger partial charge in [-0.05, 0) is 49.2 Å². The molecule has 0 aliphatic carbocycles. The highest BCUT2D eigenvalue weighted by molar-refractivity contribution is 7.99. The Hall–Kier alpha value is -2.32. The maximum atomic E-state index is 12.9. The molecule has 1 atom stereocenters. The Morgan fingerprint density at radius 3 is 2.76 bits per heavy atom. The summed E-state index contributed by atoms with van der Waals surface area (Å²) >= 11 is 1.51. The number of anilines is 2. The zero-order chi connectivity index (χ0) is 21.2. The molecule has 8 heteroatoms. The molecular formula is C21H24N2O4S2. The molecule has 0 fully saturated rings. The molecule has 0 unspecified atom stereocenters. The maximum absolute atomic E-state index is 12.9. The number of thioether (sulfide) groups is 1. The lowest BCUT2D eigenvalue weighted by molar-refractivity contribution is -0.119. The topological polar surface area (TPSA) is 92.3 Å². The molecule has 0 bridgehead atoms. The van der Waals surface area contributed by atoms with Crippen molar-refractivity contribution in [1.82, 2.24) is 0 Å². The van der Waals surface area contributed by atoms with Crippen LogP contribution in [0.15, 0.2) is 46.2 Å². The molecule has 1 aliphatic heterocycles. The number of hydrogen-bond donors (Lipinski definition) is 2. The van der Waals surface area contributed by atoms with Crippen LogP contribution in [0.4, 0.5) is 11.4 Å². The van der Waals surface area contributed by atoms with Gasteiger partial charge in [0.25, 0.3) is 0 Å². The Kier molecular flexibility index (Phi) is 6.33. The molecule has 2 aromatic carbocycles. The Balaban J connectivity index is 1.75. The first kappa shape index (κ1) is 21.4. The Morgan fingerprint density at radius 1 is 1.24 bits per heavy atom. The molecule has 6 nitrogen and oxygen atoms in total. The average Bonchev–Trinajstić information content (AvgIpc) is 2.84. The monoisotopic (exact) mass is 432 g/mol. The average molecular weight is 433 g/mol. The van der Waals surface area contributed by atoms with E-state index in [9.17, 15) is 18.0 Å². The van der Waals surface area contributed by atoms with E-state index in [2.05, 4.69) is 10.6 Å². The number of fused-ring (bicyclic) bond motifs is 1. The lowest BCUT2D eigenvalue weighted by atomic mass is 10.1. The van der Waals surface area contributed by atoms with Crippen molar-refractivity contribution < 1.29 is 18.0 Å². The van der Waals surface area contributed by atoms with Crippen LogP contribution in [-0.2, 0) is 19.4 Å². The van der Waals surface area contributed by atoms with Gasteiger partial charge in [-0.3, -0.25) is 9.59 Å². The number of benzene rings is 2. The first-order valence-electron chi connectivity index (χ1n) is 9.34. The number of hydrogen-bond acceptors (Lipinski definition) is 5. The summed E-state index contributed by atoms with van der Waals surface area (Å²) in [5.41, 5.74) is 3.19. The van der Waals surface area contributed by atoms with E-state index in [0.717, 1.165) is 16.0 Å². The Morgan fingerprint density at radius 2 is 2.00 bits per heavy atom. The van der Waals surface area contributed by atoms with E-state index >= 15 is 0 Å². The first-order chi connectivity index (χ1) is 13.7. The predicted octanol–water partition coefficient (Wildman–Crippen LogP) is 3.79. The molecule has 1 heterocycles. The molecular weight excluding hydrogens is 408 g/mol.